The van der Waals surface area contributed by atoms with Crippen molar-refractivity contribution in [1.82, 2.24) is 15.6 Å². The van der Waals surface area contributed by atoms with Gasteiger partial charge in [-0.15, -0.1) is 0 Å². The predicted molar refractivity (Wildman–Crippen MR) is 77.2 cm³/mol. The number of hydrogen-bond donors (Lipinski definition) is 2. The number of nitrogens with one attached hydrogen (secondary N) is 1. The first-order valence-corrected chi connectivity index (χ1v) is 7.35. The molecular weight excluding hydrogens is 273 g/mol. The Morgan fingerprint density at radius 3 is 2.95 bits per heavy atom. The number of aromatic nitrogens is 1. The van der Waals surface area contributed by atoms with E-state index in [0.29, 0.717) is 18.0 Å². The SMILES string of the molecule is CC(O)CNN1CCC(c2noc3cc(F)ccc23)CC1. The minimum atomic E-state index is -0.350. The molecule has 6 heteroatoms. The van der Waals surface area contributed by atoms with Crippen molar-refractivity contribution in [3.63, 3.8) is 0 Å². The molecule has 5 nitrogen and oxygen atoms in total. The van der Waals surface area contributed by atoms with Gasteiger partial charge in [-0.05, 0) is 31.9 Å². The fourth-order valence-corrected chi connectivity index (χ4v) is 2.80. The fourth-order valence-electron chi connectivity index (χ4n) is 2.80. The van der Waals surface area contributed by atoms with Crippen LogP contribution in [0.25, 0.3) is 11.0 Å². The number of aliphatic hydroxyl groups excluding tert-OH is 1. The summed E-state index contributed by atoms with van der Waals surface area (Å²) in [4.78, 5) is 0. The standard InChI is InChI=1S/C15H20FN3O2/c1-10(20)9-17-19-6-4-11(5-7-19)15-13-3-2-12(16)8-14(13)21-18-15/h2-3,8,10-11,17,20H,4-7,9H2,1H3. The molecule has 114 valence electrons. The molecule has 0 radical (unpaired) electrons. The van der Waals surface area contributed by atoms with Crippen LogP contribution in [-0.4, -0.2) is 41.0 Å². The molecule has 0 amide bonds. The monoisotopic (exact) mass is 293 g/mol. The summed E-state index contributed by atoms with van der Waals surface area (Å²) in [6, 6.07) is 4.57. The van der Waals surface area contributed by atoms with Crippen LogP contribution in [0.4, 0.5) is 4.39 Å². The van der Waals surface area contributed by atoms with E-state index in [1.54, 1.807) is 13.0 Å². The van der Waals surface area contributed by atoms with Gasteiger partial charge in [0.15, 0.2) is 5.58 Å². The van der Waals surface area contributed by atoms with Crippen molar-refractivity contribution in [2.45, 2.75) is 31.8 Å². The minimum absolute atomic E-state index is 0.303. The first-order valence-electron chi connectivity index (χ1n) is 7.35. The largest absolute Gasteiger partial charge is 0.392 e. The summed E-state index contributed by atoms with van der Waals surface area (Å²) in [5, 5.41) is 16.5. The predicted octanol–water partition coefficient (Wildman–Crippen LogP) is 2.03. The zero-order valence-corrected chi connectivity index (χ0v) is 12.1. The molecule has 0 saturated carbocycles. The van der Waals surface area contributed by atoms with Crippen LogP contribution < -0.4 is 5.43 Å². The van der Waals surface area contributed by atoms with E-state index in [9.17, 15) is 9.50 Å². The summed E-state index contributed by atoms with van der Waals surface area (Å²) in [7, 11) is 0. The molecule has 2 heterocycles. The molecule has 3 rings (SSSR count). The van der Waals surface area contributed by atoms with Crippen molar-refractivity contribution in [2.24, 2.45) is 0 Å². The molecule has 0 bridgehead atoms. The second-order valence-corrected chi connectivity index (χ2v) is 5.68. The van der Waals surface area contributed by atoms with Gasteiger partial charge in [-0.25, -0.2) is 9.40 Å². The van der Waals surface area contributed by atoms with E-state index in [1.807, 2.05) is 0 Å². The number of piperidine rings is 1. The summed E-state index contributed by atoms with van der Waals surface area (Å²) in [6.45, 7) is 4.12. The number of rotatable bonds is 4. The highest BCUT2D eigenvalue weighted by Crippen LogP contribution is 2.32. The van der Waals surface area contributed by atoms with E-state index >= 15 is 0 Å². The Bertz CT molecular complexity index is 606. The van der Waals surface area contributed by atoms with Crippen molar-refractivity contribution in [2.75, 3.05) is 19.6 Å². The third-order valence-corrected chi connectivity index (χ3v) is 3.95. The van der Waals surface area contributed by atoms with Gasteiger partial charge in [0, 0.05) is 37.0 Å². The number of aliphatic hydroxyl groups is 1. The van der Waals surface area contributed by atoms with Crippen LogP contribution in [0.5, 0.6) is 0 Å². The van der Waals surface area contributed by atoms with Crippen LogP contribution >= 0.6 is 0 Å². The molecule has 2 N–H and O–H groups in total. The molecule has 1 saturated heterocycles. The molecule has 21 heavy (non-hydrogen) atoms. The summed E-state index contributed by atoms with van der Waals surface area (Å²) in [5.74, 6) is 0.0312. The van der Waals surface area contributed by atoms with Gasteiger partial charge in [0.25, 0.3) is 0 Å². The highest BCUT2D eigenvalue weighted by atomic mass is 19.1. The average molecular weight is 293 g/mol. The van der Waals surface area contributed by atoms with Crippen molar-refractivity contribution >= 4 is 11.0 Å². The van der Waals surface area contributed by atoms with E-state index in [2.05, 4.69) is 15.6 Å². The first-order chi connectivity index (χ1) is 10.1. The van der Waals surface area contributed by atoms with E-state index < -0.39 is 0 Å². The molecule has 1 atom stereocenters. The lowest BCUT2D eigenvalue weighted by Crippen LogP contribution is -2.45. The Labute approximate surface area is 122 Å². The number of hydrazine groups is 1. The van der Waals surface area contributed by atoms with Gasteiger partial charge in [-0.1, -0.05) is 5.16 Å². The van der Waals surface area contributed by atoms with Crippen LogP contribution in [0.3, 0.4) is 0 Å². The molecule has 2 aromatic rings. The summed E-state index contributed by atoms with van der Waals surface area (Å²) >= 11 is 0. The zero-order valence-electron chi connectivity index (χ0n) is 12.1. The quantitative estimate of drug-likeness (QED) is 0.903. The molecular formula is C15H20FN3O2. The van der Waals surface area contributed by atoms with E-state index in [-0.39, 0.29) is 11.9 Å². The van der Waals surface area contributed by atoms with Gasteiger partial charge in [-0.2, -0.15) is 0 Å². The second-order valence-electron chi connectivity index (χ2n) is 5.68. The van der Waals surface area contributed by atoms with Crippen molar-refractivity contribution in [1.29, 1.82) is 0 Å². The van der Waals surface area contributed by atoms with Crippen LogP contribution in [-0.2, 0) is 0 Å². The number of halogens is 1. The lowest BCUT2D eigenvalue weighted by Gasteiger charge is -2.31. The summed E-state index contributed by atoms with van der Waals surface area (Å²) in [6.07, 6.45) is 1.58. The number of hydrogen-bond acceptors (Lipinski definition) is 5. The van der Waals surface area contributed by atoms with Gasteiger partial charge in [0.2, 0.25) is 0 Å². The topological polar surface area (TPSA) is 61.5 Å². The van der Waals surface area contributed by atoms with Crippen molar-refractivity contribution < 1.29 is 14.0 Å². The highest BCUT2D eigenvalue weighted by Gasteiger charge is 2.25. The smallest absolute Gasteiger partial charge is 0.170 e. The molecule has 1 fully saturated rings. The third kappa shape index (κ3) is 3.23. The molecule has 1 aromatic carbocycles. The van der Waals surface area contributed by atoms with Gasteiger partial charge in [0.1, 0.15) is 5.82 Å². The first kappa shape index (κ1) is 14.4. The van der Waals surface area contributed by atoms with E-state index in [0.717, 1.165) is 37.0 Å². The fraction of sp³-hybridized carbons (Fsp3) is 0.533. The maximum Gasteiger partial charge on any atom is 0.170 e. The maximum atomic E-state index is 13.2. The summed E-state index contributed by atoms with van der Waals surface area (Å²) < 4.78 is 18.4. The van der Waals surface area contributed by atoms with Crippen LogP contribution in [0.2, 0.25) is 0 Å². The van der Waals surface area contributed by atoms with Crippen LogP contribution in [0.1, 0.15) is 31.4 Å². The van der Waals surface area contributed by atoms with Gasteiger partial charge in [0.05, 0.1) is 11.8 Å². The van der Waals surface area contributed by atoms with Crippen LogP contribution in [0, 0.1) is 5.82 Å². The van der Waals surface area contributed by atoms with Crippen molar-refractivity contribution in [3.8, 4) is 0 Å². The lowest BCUT2D eigenvalue weighted by molar-refractivity contribution is 0.101. The van der Waals surface area contributed by atoms with Gasteiger partial charge < -0.3 is 9.63 Å². The Balaban J connectivity index is 1.66. The number of benzene rings is 1. The number of nitrogens with zero attached hydrogens (tertiary/aromatic N) is 2. The second kappa shape index (κ2) is 6.09. The average Bonchev–Trinajstić information content (AvgIpc) is 2.88. The molecule has 1 aliphatic rings. The molecule has 1 aromatic heterocycles. The molecule has 0 spiro atoms. The third-order valence-electron chi connectivity index (χ3n) is 3.95. The van der Waals surface area contributed by atoms with Gasteiger partial charge >= 0.3 is 0 Å². The summed E-state index contributed by atoms with van der Waals surface area (Å²) in [5.41, 5.74) is 4.67. The van der Waals surface area contributed by atoms with E-state index in [4.69, 9.17) is 4.52 Å². The Morgan fingerprint density at radius 2 is 2.24 bits per heavy atom. The zero-order chi connectivity index (χ0) is 14.8. The molecule has 1 unspecified atom stereocenters. The molecule has 0 aliphatic carbocycles. The van der Waals surface area contributed by atoms with Crippen molar-refractivity contribution in [3.05, 3.63) is 29.7 Å². The molecule has 1 aliphatic heterocycles. The van der Waals surface area contributed by atoms with Crippen LogP contribution in [0.15, 0.2) is 22.7 Å². The Hall–Kier alpha value is -1.50. The Kier molecular flexibility index (Phi) is 4.19. The highest BCUT2D eigenvalue weighted by molar-refractivity contribution is 5.79. The van der Waals surface area contributed by atoms with Gasteiger partial charge in [-0.3, -0.25) is 5.43 Å². The number of fused-ring (bicyclic) bond motifs is 1. The Morgan fingerprint density at radius 1 is 1.48 bits per heavy atom. The minimum Gasteiger partial charge on any atom is -0.392 e. The lowest BCUT2D eigenvalue weighted by atomic mass is 9.92. The maximum absolute atomic E-state index is 13.2. The van der Waals surface area contributed by atoms with E-state index in [1.165, 1.54) is 12.1 Å². The normalized spacial score (nSPS) is 19.2.